The Hall–Kier alpha value is -1.11. The molecule has 0 fully saturated rings. The van der Waals surface area contributed by atoms with Gasteiger partial charge in [-0.25, -0.2) is 0 Å². The predicted molar refractivity (Wildman–Crippen MR) is 47.3 cm³/mol. The maximum absolute atomic E-state index is 4.04. The van der Waals surface area contributed by atoms with Gasteiger partial charge in [-0.2, -0.15) is 0 Å². The Labute approximate surface area is 67.8 Å². The van der Waals surface area contributed by atoms with E-state index in [1.165, 1.54) is 5.56 Å². The number of pyridine rings is 1. The third kappa shape index (κ3) is 2.54. The van der Waals surface area contributed by atoms with Crippen LogP contribution in [0.15, 0.2) is 37.2 Å². The van der Waals surface area contributed by atoms with Crippen molar-refractivity contribution in [2.24, 2.45) is 5.92 Å². The number of aromatic nitrogens is 1. The summed E-state index contributed by atoms with van der Waals surface area (Å²) in [5.74, 6) is 0.541. The Kier molecular flexibility index (Phi) is 2.84. The summed E-state index contributed by atoms with van der Waals surface area (Å²) < 4.78 is 0. The fraction of sp³-hybridized carbons (Fsp3) is 0.300. The van der Waals surface area contributed by atoms with E-state index in [0.29, 0.717) is 5.92 Å². The van der Waals surface area contributed by atoms with E-state index in [-0.39, 0.29) is 0 Å². The van der Waals surface area contributed by atoms with Gasteiger partial charge < -0.3 is 0 Å². The highest BCUT2D eigenvalue weighted by Gasteiger charge is 1.97. The summed E-state index contributed by atoms with van der Waals surface area (Å²) in [6, 6.07) is 4.05. The van der Waals surface area contributed by atoms with Crippen molar-refractivity contribution in [2.45, 2.75) is 13.3 Å². The molecule has 0 aliphatic rings. The smallest absolute Gasteiger partial charge is 0.0300 e. The molecule has 0 radical (unpaired) electrons. The molecule has 1 heterocycles. The summed E-state index contributed by atoms with van der Waals surface area (Å²) in [6.45, 7) is 5.89. The molecule has 0 saturated carbocycles. The van der Waals surface area contributed by atoms with Crippen LogP contribution in [0.3, 0.4) is 0 Å². The van der Waals surface area contributed by atoms with Gasteiger partial charge in [0.25, 0.3) is 0 Å². The van der Waals surface area contributed by atoms with Crippen LogP contribution in [0, 0.1) is 5.92 Å². The normalized spacial score (nSPS) is 12.5. The second-order valence-corrected chi connectivity index (χ2v) is 2.78. The first-order valence-electron chi connectivity index (χ1n) is 3.84. The van der Waals surface area contributed by atoms with Gasteiger partial charge in [-0.05, 0) is 24.0 Å². The summed E-state index contributed by atoms with van der Waals surface area (Å²) in [5.41, 5.74) is 1.28. The summed E-state index contributed by atoms with van der Waals surface area (Å²) in [6.07, 6.45) is 6.70. The van der Waals surface area contributed by atoms with Crippen molar-refractivity contribution in [1.29, 1.82) is 0 Å². The molecule has 1 rings (SSSR count). The topological polar surface area (TPSA) is 12.9 Å². The number of rotatable bonds is 3. The Morgan fingerprint density at radius 1 is 1.73 bits per heavy atom. The second-order valence-electron chi connectivity index (χ2n) is 2.78. The lowest BCUT2D eigenvalue weighted by Gasteiger charge is -2.03. The van der Waals surface area contributed by atoms with Crippen molar-refractivity contribution in [1.82, 2.24) is 4.98 Å². The van der Waals surface area contributed by atoms with E-state index < -0.39 is 0 Å². The first-order chi connectivity index (χ1) is 5.33. The Morgan fingerprint density at radius 3 is 3.09 bits per heavy atom. The van der Waals surface area contributed by atoms with Gasteiger partial charge in [0, 0.05) is 12.4 Å². The SMILES string of the molecule is C=C[C@@H](C)Cc1cccnc1. The van der Waals surface area contributed by atoms with Crippen LogP contribution in [0.4, 0.5) is 0 Å². The van der Waals surface area contributed by atoms with E-state index in [1.807, 2.05) is 18.3 Å². The maximum atomic E-state index is 4.04. The van der Waals surface area contributed by atoms with E-state index in [9.17, 15) is 0 Å². The summed E-state index contributed by atoms with van der Waals surface area (Å²) in [7, 11) is 0. The average molecular weight is 147 g/mol. The minimum Gasteiger partial charge on any atom is -0.264 e. The van der Waals surface area contributed by atoms with Crippen molar-refractivity contribution in [3.05, 3.63) is 42.7 Å². The third-order valence-corrected chi connectivity index (χ3v) is 1.68. The molecule has 0 unspecified atom stereocenters. The quantitative estimate of drug-likeness (QED) is 0.598. The molecule has 0 saturated heterocycles. The van der Waals surface area contributed by atoms with Gasteiger partial charge in [0.1, 0.15) is 0 Å². The van der Waals surface area contributed by atoms with E-state index in [0.717, 1.165) is 6.42 Å². The molecule has 0 N–H and O–H groups in total. The highest BCUT2D eigenvalue weighted by Crippen LogP contribution is 2.06. The van der Waals surface area contributed by atoms with Crippen LogP contribution in [0.1, 0.15) is 12.5 Å². The molecular weight excluding hydrogens is 134 g/mol. The van der Waals surface area contributed by atoms with Crippen LogP contribution in [-0.4, -0.2) is 4.98 Å². The van der Waals surface area contributed by atoms with Crippen LogP contribution < -0.4 is 0 Å². The molecule has 1 aromatic rings. The Morgan fingerprint density at radius 2 is 2.55 bits per heavy atom. The van der Waals surface area contributed by atoms with Crippen LogP contribution in [0.2, 0.25) is 0 Å². The zero-order valence-electron chi connectivity index (χ0n) is 6.83. The lowest BCUT2D eigenvalue weighted by atomic mass is 10.0. The van der Waals surface area contributed by atoms with Crippen molar-refractivity contribution in [3.8, 4) is 0 Å². The largest absolute Gasteiger partial charge is 0.264 e. The van der Waals surface area contributed by atoms with E-state index >= 15 is 0 Å². The highest BCUT2D eigenvalue weighted by atomic mass is 14.6. The maximum Gasteiger partial charge on any atom is 0.0300 e. The molecule has 1 atom stereocenters. The van der Waals surface area contributed by atoms with Gasteiger partial charge in [-0.3, -0.25) is 4.98 Å². The molecule has 11 heavy (non-hydrogen) atoms. The second kappa shape index (κ2) is 3.91. The van der Waals surface area contributed by atoms with Gasteiger partial charge >= 0.3 is 0 Å². The minimum absolute atomic E-state index is 0.541. The molecule has 1 heteroatoms. The van der Waals surface area contributed by atoms with Gasteiger partial charge in [0.15, 0.2) is 0 Å². The molecule has 1 nitrogen and oxygen atoms in total. The van der Waals surface area contributed by atoms with Crippen molar-refractivity contribution in [3.63, 3.8) is 0 Å². The standard InChI is InChI=1S/C10H13N/c1-3-9(2)7-10-5-4-6-11-8-10/h3-6,8-9H,1,7H2,2H3/t9-/m1/s1. The van der Waals surface area contributed by atoms with E-state index in [2.05, 4.69) is 24.6 Å². The summed E-state index contributed by atoms with van der Waals surface area (Å²) >= 11 is 0. The number of nitrogens with zero attached hydrogens (tertiary/aromatic N) is 1. The average Bonchev–Trinajstić information content (AvgIpc) is 2.06. The van der Waals surface area contributed by atoms with Gasteiger partial charge in [-0.1, -0.05) is 19.1 Å². The van der Waals surface area contributed by atoms with E-state index in [4.69, 9.17) is 0 Å². The Bertz CT molecular complexity index is 216. The monoisotopic (exact) mass is 147 g/mol. The number of allylic oxidation sites excluding steroid dienone is 1. The molecule has 58 valence electrons. The molecule has 0 aliphatic carbocycles. The van der Waals surface area contributed by atoms with Gasteiger partial charge in [-0.15, -0.1) is 6.58 Å². The van der Waals surface area contributed by atoms with E-state index in [1.54, 1.807) is 6.20 Å². The van der Waals surface area contributed by atoms with Crippen molar-refractivity contribution < 1.29 is 0 Å². The predicted octanol–water partition coefficient (Wildman–Crippen LogP) is 2.45. The fourth-order valence-corrected chi connectivity index (χ4v) is 0.974. The fourth-order valence-electron chi connectivity index (χ4n) is 0.974. The Balaban J connectivity index is 2.57. The number of hydrogen-bond acceptors (Lipinski definition) is 1. The van der Waals surface area contributed by atoms with Crippen molar-refractivity contribution in [2.75, 3.05) is 0 Å². The van der Waals surface area contributed by atoms with Crippen molar-refractivity contribution >= 4 is 0 Å². The van der Waals surface area contributed by atoms with Gasteiger partial charge in [0.2, 0.25) is 0 Å². The lowest BCUT2D eigenvalue weighted by molar-refractivity contribution is 0.723. The van der Waals surface area contributed by atoms with Gasteiger partial charge in [0.05, 0.1) is 0 Å². The highest BCUT2D eigenvalue weighted by molar-refractivity contribution is 5.10. The zero-order chi connectivity index (χ0) is 8.10. The summed E-state index contributed by atoms with van der Waals surface area (Å²) in [4.78, 5) is 4.04. The minimum atomic E-state index is 0.541. The first kappa shape index (κ1) is 7.99. The lowest BCUT2D eigenvalue weighted by Crippen LogP contribution is -1.94. The molecule has 1 aromatic heterocycles. The zero-order valence-corrected chi connectivity index (χ0v) is 6.83. The van der Waals surface area contributed by atoms with Crippen LogP contribution in [0.5, 0.6) is 0 Å². The third-order valence-electron chi connectivity index (χ3n) is 1.68. The van der Waals surface area contributed by atoms with Crippen LogP contribution >= 0.6 is 0 Å². The molecule has 0 aliphatic heterocycles. The van der Waals surface area contributed by atoms with Crippen LogP contribution in [-0.2, 0) is 6.42 Å². The van der Waals surface area contributed by atoms with Crippen LogP contribution in [0.25, 0.3) is 0 Å². The molecule has 0 aromatic carbocycles. The summed E-state index contributed by atoms with van der Waals surface area (Å²) in [5, 5.41) is 0. The molecule has 0 amide bonds. The molecular formula is C10H13N. The first-order valence-corrected chi connectivity index (χ1v) is 3.84. The molecule has 0 spiro atoms. The number of hydrogen-bond donors (Lipinski definition) is 0. The molecule has 0 bridgehead atoms.